The Labute approximate surface area is 126 Å². The van der Waals surface area contributed by atoms with Crippen molar-refractivity contribution in [1.82, 2.24) is 0 Å². The summed E-state index contributed by atoms with van der Waals surface area (Å²) >= 11 is 0.867. The number of benzene rings is 1. The number of hydrogen-bond donors (Lipinski definition) is 2. The molecule has 0 spiro atoms. The lowest BCUT2D eigenvalue weighted by atomic mass is 10.2. The summed E-state index contributed by atoms with van der Waals surface area (Å²) in [7, 11) is -2.43. The van der Waals surface area contributed by atoms with Crippen LogP contribution in [0.3, 0.4) is 0 Å². The molecule has 0 aliphatic heterocycles. The van der Waals surface area contributed by atoms with Crippen LogP contribution < -0.4 is 9.46 Å². The molecular formula is C13H13NO5S2. The van der Waals surface area contributed by atoms with E-state index in [1.54, 1.807) is 25.1 Å². The highest BCUT2D eigenvalue weighted by molar-refractivity contribution is 7.93. The number of carboxylic acid groups (broad SMARTS) is 1. The van der Waals surface area contributed by atoms with Crippen LogP contribution in [0, 0.1) is 6.92 Å². The maximum atomic E-state index is 12.3. The average Bonchev–Trinajstić information content (AvgIpc) is 2.91. The van der Waals surface area contributed by atoms with E-state index in [0.29, 0.717) is 17.0 Å². The van der Waals surface area contributed by atoms with Crippen LogP contribution in [-0.4, -0.2) is 26.6 Å². The van der Waals surface area contributed by atoms with E-state index in [1.165, 1.54) is 18.6 Å². The van der Waals surface area contributed by atoms with Gasteiger partial charge in [0.25, 0.3) is 10.0 Å². The Bertz CT molecular complexity index is 780. The molecule has 21 heavy (non-hydrogen) atoms. The van der Waals surface area contributed by atoms with Crippen LogP contribution in [0.2, 0.25) is 0 Å². The number of carbonyl (C=O) groups is 1. The van der Waals surface area contributed by atoms with Crippen LogP contribution in [0.4, 0.5) is 5.69 Å². The number of sulfonamides is 1. The number of aryl methyl sites for hydroxylation is 1. The quantitative estimate of drug-likeness (QED) is 0.880. The first-order chi connectivity index (χ1) is 9.85. The van der Waals surface area contributed by atoms with Gasteiger partial charge in [-0.15, -0.1) is 11.3 Å². The highest BCUT2D eigenvalue weighted by Crippen LogP contribution is 2.27. The van der Waals surface area contributed by atoms with Gasteiger partial charge in [0.1, 0.15) is 15.5 Å². The third kappa shape index (κ3) is 3.17. The molecule has 2 N–H and O–H groups in total. The molecule has 6 nitrogen and oxygen atoms in total. The number of aromatic carboxylic acids is 1. The van der Waals surface area contributed by atoms with Crippen LogP contribution >= 0.6 is 11.3 Å². The van der Waals surface area contributed by atoms with Crippen molar-refractivity contribution in [2.45, 2.75) is 11.8 Å². The van der Waals surface area contributed by atoms with E-state index in [2.05, 4.69) is 4.72 Å². The molecule has 0 unspecified atom stereocenters. The number of ether oxygens (including phenoxy) is 1. The van der Waals surface area contributed by atoms with E-state index in [-0.39, 0.29) is 9.77 Å². The largest absolute Gasteiger partial charge is 0.497 e. The lowest BCUT2D eigenvalue weighted by Gasteiger charge is -2.11. The van der Waals surface area contributed by atoms with E-state index >= 15 is 0 Å². The number of nitrogens with one attached hydrogen (secondary N) is 1. The summed E-state index contributed by atoms with van der Waals surface area (Å²) in [5, 5.41) is 10.4. The van der Waals surface area contributed by atoms with Crippen LogP contribution in [0.15, 0.2) is 34.5 Å². The van der Waals surface area contributed by atoms with E-state index in [1.807, 2.05) is 0 Å². The highest BCUT2D eigenvalue weighted by atomic mass is 32.2. The van der Waals surface area contributed by atoms with Crippen LogP contribution in [0.5, 0.6) is 5.75 Å². The van der Waals surface area contributed by atoms with Crippen molar-refractivity contribution >= 4 is 33.0 Å². The van der Waals surface area contributed by atoms with Crippen LogP contribution in [0.1, 0.15) is 15.2 Å². The monoisotopic (exact) mass is 327 g/mol. The van der Waals surface area contributed by atoms with E-state index in [9.17, 15) is 13.2 Å². The standard InChI is InChI=1S/C13H13NO5S2/c1-8-7-9(19-2)3-4-10(8)14-21(17,18)11-5-6-20-12(11)13(15)16/h3-7,14H,1-2H3,(H,15,16). The van der Waals surface area contributed by atoms with Gasteiger partial charge in [0, 0.05) is 0 Å². The van der Waals surface area contributed by atoms with Gasteiger partial charge in [-0.2, -0.15) is 0 Å². The molecule has 0 aliphatic rings. The van der Waals surface area contributed by atoms with Crippen molar-refractivity contribution in [2.75, 3.05) is 11.8 Å². The Balaban J connectivity index is 2.38. The Morgan fingerprint density at radius 3 is 2.62 bits per heavy atom. The fourth-order valence-electron chi connectivity index (χ4n) is 1.74. The van der Waals surface area contributed by atoms with Crippen molar-refractivity contribution in [3.05, 3.63) is 40.1 Å². The number of carboxylic acids is 1. The number of hydrogen-bond acceptors (Lipinski definition) is 5. The van der Waals surface area contributed by atoms with Gasteiger partial charge < -0.3 is 9.84 Å². The first-order valence-corrected chi connectivity index (χ1v) is 8.19. The topological polar surface area (TPSA) is 92.7 Å². The number of methoxy groups -OCH3 is 1. The molecule has 8 heteroatoms. The molecule has 0 atom stereocenters. The average molecular weight is 327 g/mol. The summed E-state index contributed by atoms with van der Waals surface area (Å²) in [5.74, 6) is -0.658. The summed E-state index contributed by atoms with van der Waals surface area (Å²) in [6, 6.07) is 6.15. The summed E-state index contributed by atoms with van der Waals surface area (Å²) < 4.78 is 32.0. The summed E-state index contributed by atoms with van der Waals surface area (Å²) in [6.45, 7) is 1.73. The minimum absolute atomic E-state index is 0.214. The van der Waals surface area contributed by atoms with Gasteiger partial charge in [-0.05, 0) is 42.1 Å². The molecule has 1 aromatic carbocycles. The lowest BCUT2D eigenvalue weighted by molar-refractivity contribution is 0.0698. The lowest BCUT2D eigenvalue weighted by Crippen LogP contribution is -2.15. The molecule has 1 heterocycles. The smallest absolute Gasteiger partial charge is 0.347 e. The Hall–Kier alpha value is -2.06. The zero-order chi connectivity index (χ0) is 15.6. The SMILES string of the molecule is COc1ccc(NS(=O)(=O)c2ccsc2C(=O)O)c(C)c1. The zero-order valence-electron chi connectivity index (χ0n) is 11.3. The first kappa shape index (κ1) is 15.3. The van der Waals surface area contributed by atoms with Gasteiger partial charge in [0.05, 0.1) is 12.8 Å². The number of anilines is 1. The molecule has 112 valence electrons. The third-order valence-electron chi connectivity index (χ3n) is 2.79. The van der Waals surface area contributed by atoms with Gasteiger partial charge in [0.2, 0.25) is 0 Å². The van der Waals surface area contributed by atoms with Crippen molar-refractivity contribution < 1.29 is 23.1 Å². The summed E-state index contributed by atoms with van der Waals surface area (Å²) in [5.41, 5.74) is 1.04. The second kappa shape index (κ2) is 5.74. The van der Waals surface area contributed by atoms with Crippen LogP contribution in [0.25, 0.3) is 0 Å². The predicted molar refractivity (Wildman–Crippen MR) is 79.8 cm³/mol. The molecule has 0 saturated carbocycles. The fraction of sp³-hybridized carbons (Fsp3) is 0.154. The highest BCUT2D eigenvalue weighted by Gasteiger charge is 2.24. The van der Waals surface area contributed by atoms with Crippen molar-refractivity contribution in [2.24, 2.45) is 0 Å². The molecule has 2 rings (SSSR count). The van der Waals surface area contributed by atoms with E-state index < -0.39 is 16.0 Å². The molecule has 0 bridgehead atoms. The van der Waals surface area contributed by atoms with Gasteiger partial charge in [-0.3, -0.25) is 4.72 Å². The third-order valence-corrected chi connectivity index (χ3v) is 5.23. The molecule has 0 aliphatic carbocycles. The number of rotatable bonds is 5. The molecule has 0 radical (unpaired) electrons. The zero-order valence-corrected chi connectivity index (χ0v) is 12.9. The predicted octanol–water partition coefficient (Wildman–Crippen LogP) is 2.56. The minimum atomic E-state index is -3.95. The first-order valence-electron chi connectivity index (χ1n) is 5.83. The normalized spacial score (nSPS) is 11.1. The maximum absolute atomic E-state index is 12.3. The Morgan fingerprint density at radius 2 is 2.05 bits per heavy atom. The molecule has 1 aromatic heterocycles. The Kier molecular flexibility index (Phi) is 4.19. The molecule has 0 saturated heterocycles. The van der Waals surface area contributed by atoms with Gasteiger partial charge >= 0.3 is 5.97 Å². The van der Waals surface area contributed by atoms with Gasteiger partial charge in [0.15, 0.2) is 0 Å². The van der Waals surface area contributed by atoms with Crippen molar-refractivity contribution in [3.8, 4) is 5.75 Å². The van der Waals surface area contributed by atoms with Gasteiger partial charge in [-0.1, -0.05) is 0 Å². The summed E-state index contributed by atoms with van der Waals surface area (Å²) in [6.07, 6.45) is 0. The van der Waals surface area contributed by atoms with E-state index in [4.69, 9.17) is 9.84 Å². The second-order valence-electron chi connectivity index (χ2n) is 4.21. The Morgan fingerprint density at radius 1 is 1.33 bits per heavy atom. The molecule has 2 aromatic rings. The number of thiophene rings is 1. The minimum Gasteiger partial charge on any atom is -0.497 e. The molecule has 0 amide bonds. The van der Waals surface area contributed by atoms with E-state index in [0.717, 1.165) is 11.3 Å². The van der Waals surface area contributed by atoms with Crippen molar-refractivity contribution in [1.29, 1.82) is 0 Å². The maximum Gasteiger partial charge on any atom is 0.347 e. The van der Waals surface area contributed by atoms with Gasteiger partial charge in [-0.25, -0.2) is 13.2 Å². The fourth-order valence-corrected chi connectivity index (χ4v) is 4.13. The van der Waals surface area contributed by atoms with Crippen LogP contribution in [-0.2, 0) is 10.0 Å². The summed E-state index contributed by atoms with van der Waals surface area (Å²) in [4.78, 5) is 10.6. The van der Waals surface area contributed by atoms with Crippen molar-refractivity contribution in [3.63, 3.8) is 0 Å². The molecule has 0 fully saturated rings. The molecular weight excluding hydrogens is 314 g/mol. The second-order valence-corrected chi connectivity index (χ2v) is 6.77.